The summed E-state index contributed by atoms with van der Waals surface area (Å²) in [7, 11) is 0. The minimum absolute atomic E-state index is 0.0552. The third-order valence-corrected chi connectivity index (χ3v) is 6.46. The maximum absolute atomic E-state index is 13.0. The van der Waals surface area contributed by atoms with E-state index in [1.165, 1.54) is 11.3 Å². The Morgan fingerprint density at radius 1 is 1.07 bits per heavy atom. The van der Waals surface area contributed by atoms with Gasteiger partial charge in [-0.15, -0.1) is 10.2 Å². The second kappa shape index (κ2) is 8.75. The van der Waals surface area contributed by atoms with Crippen molar-refractivity contribution in [1.82, 2.24) is 15.1 Å². The van der Waals surface area contributed by atoms with Gasteiger partial charge in [0.1, 0.15) is 5.01 Å². The van der Waals surface area contributed by atoms with Crippen LogP contribution in [-0.2, 0) is 0 Å². The molecular formula is C23H24N4O2S. The van der Waals surface area contributed by atoms with Gasteiger partial charge in [-0.3, -0.25) is 9.59 Å². The SMILES string of the molecule is Cc1ccc(NC(=O)c2nnc(C3CCCN(C(=O)c4ccccc4C)C3)s2)cc1. The van der Waals surface area contributed by atoms with Gasteiger partial charge in [-0.2, -0.15) is 0 Å². The molecule has 4 rings (SSSR count). The lowest BCUT2D eigenvalue weighted by atomic mass is 9.97. The van der Waals surface area contributed by atoms with Crippen LogP contribution in [0.5, 0.6) is 0 Å². The van der Waals surface area contributed by atoms with Gasteiger partial charge < -0.3 is 10.2 Å². The van der Waals surface area contributed by atoms with Crippen molar-refractivity contribution in [1.29, 1.82) is 0 Å². The molecule has 6 nitrogen and oxygen atoms in total. The molecule has 1 unspecified atom stereocenters. The number of hydrogen-bond donors (Lipinski definition) is 1. The summed E-state index contributed by atoms with van der Waals surface area (Å²) in [5, 5.41) is 12.4. The zero-order valence-electron chi connectivity index (χ0n) is 17.1. The van der Waals surface area contributed by atoms with Crippen LogP contribution in [-0.4, -0.2) is 40.0 Å². The number of nitrogens with one attached hydrogen (secondary N) is 1. The molecule has 7 heteroatoms. The number of benzene rings is 2. The van der Waals surface area contributed by atoms with Crippen LogP contribution in [0.2, 0.25) is 0 Å². The molecule has 1 fully saturated rings. The van der Waals surface area contributed by atoms with E-state index >= 15 is 0 Å². The van der Waals surface area contributed by atoms with Gasteiger partial charge in [-0.05, 0) is 50.5 Å². The first kappa shape index (κ1) is 20.2. The Morgan fingerprint density at radius 3 is 2.60 bits per heavy atom. The average molecular weight is 421 g/mol. The maximum Gasteiger partial charge on any atom is 0.286 e. The van der Waals surface area contributed by atoms with Gasteiger partial charge in [0.25, 0.3) is 11.8 Å². The summed E-state index contributed by atoms with van der Waals surface area (Å²) in [5.41, 5.74) is 3.59. The number of rotatable bonds is 4. The van der Waals surface area contributed by atoms with Crippen LogP contribution >= 0.6 is 11.3 Å². The highest BCUT2D eigenvalue weighted by Crippen LogP contribution is 2.30. The fourth-order valence-corrected chi connectivity index (χ4v) is 4.52. The highest BCUT2D eigenvalue weighted by molar-refractivity contribution is 7.13. The first-order valence-corrected chi connectivity index (χ1v) is 10.9. The van der Waals surface area contributed by atoms with E-state index in [0.717, 1.165) is 46.8 Å². The van der Waals surface area contributed by atoms with Crippen molar-refractivity contribution in [3.05, 3.63) is 75.2 Å². The third-order valence-electron chi connectivity index (χ3n) is 5.38. The van der Waals surface area contributed by atoms with E-state index in [-0.39, 0.29) is 17.7 Å². The summed E-state index contributed by atoms with van der Waals surface area (Å²) in [4.78, 5) is 27.4. The fourth-order valence-electron chi connectivity index (χ4n) is 3.66. The van der Waals surface area contributed by atoms with E-state index in [1.54, 1.807) is 0 Å². The van der Waals surface area contributed by atoms with Crippen molar-refractivity contribution >= 4 is 28.8 Å². The molecule has 1 atom stereocenters. The molecule has 0 radical (unpaired) electrons. The molecule has 2 aromatic carbocycles. The molecule has 1 aromatic heterocycles. The van der Waals surface area contributed by atoms with Crippen molar-refractivity contribution in [2.45, 2.75) is 32.6 Å². The Morgan fingerprint density at radius 2 is 1.83 bits per heavy atom. The molecule has 30 heavy (non-hydrogen) atoms. The van der Waals surface area contributed by atoms with Gasteiger partial charge in [0.2, 0.25) is 5.01 Å². The smallest absolute Gasteiger partial charge is 0.286 e. The molecular weight excluding hydrogens is 396 g/mol. The monoisotopic (exact) mass is 420 g/mol. The molecule has 1 aliphatic heterocycles. The molecule has 1 aliphatic rings. The highest BCUT2D eigenvalue weighted by atomic mass is 32.1. The van der Waals surface area contributed by atoms with Crippen LogP contribution < -0.4 is 5.32 Å². The van der Waals surface area contributed by atoms with E-state index < -0.39 is 0 Å². The zero-order valence-corrected chi connectivity index (χ0v) is 17.9. The van der Waals surface area contributed by atoms with Crippen LogP contribution in [0.15, 0.2) is 48.5 Å². The Labute approximate surface area is 180 Å². The summed E-state index contributed by atoms with van der Waals surface area (Å²) < 4.78 is 0. The minimum atomic E-state index is -0.258. The number of amides is 2. The standard InChI is InChI=1S/C23H24N4O2S/c1-15-9-11-18(12-10-15)24-20(28)22-26-25-21(30-22)17-7-5-13-27(14-17)23(29)19-8-4-3-6-16(19)2/h3-4,6,8-12,17H,5,7,13-14H2,1-2H3,(H,24,28). The molecule has 2 heterocycles. The largest absolute Gasteiger partial charge is 0.338 e. The second-order valence-corrected chi connectivity index (χ2v) is 8.68. The van der Waals surface area contributed by atoms with Crippen LogP contribution in [0.25, 0.3) is 0 Å². The molecule has 2 amide bonds. The molecule has 0 bridgehead atoms. The predicted molar refractivity (Wildman–Crippen MR) is 118 cm³/mol. The van der Waals surface area contributed by atoms with E-state index in [0.29, 0.717) is 11.6 Å². The molecule has 154 valence electrons. The number of nitrogens with zero attached hydrogens (tertiary/aromatic N) is 3. The Kier molecular flexibility index (Phi) is 5.90. The summed E-state index contributed by atoms with van der Waals surface area (Å²) in [6.07, 6.45) is 1.85. The predicted octanol–water partition coefficient (Wildman–Crippen LogP) is 4.43. The molecule has 1 saturated heterocycles. The van der Waals surface area contributed by atoms with E-state index in [2.05, 4.69) is 15.5 Å². The number of aryl methyl sites for hydroxylation is 2. The lowest BCUT2D eigenvalue weighted by Crippen LogP contribution is -2.39. The van der Waals surface area contributed by atoms with Gasteiger partial charge in [0.05, 0.1) is 0 Å². The number of piperidine rings is 1. The third kappa shape index (κ3) is 4.41. The van der Waals surface area contributed by atoms with E-state index in [1.807, 2.05) is 67.3 Å². The van der Waals surface area contributed by atoms with Crippen LogP contribution in [0.3, 0.4) is 0 Å². The summed E-state index contributed by atoms with van der Waals surface area (Å²) in [5.74, 6) is -0.101. The number of carbonyl (C=O) groups excluding carboxylic acids is 2. The Hall–Kier alpha value is -3.06. The topological polar surface area (TPSA) is 75.2 Å². The number of carbonyl (C=O) groups is 2. The highest BCUT2D eigenvalue weighted by Gasteiger charge is 2.29. The number of aromatic nitrogens is 2. The first-order valence-electron chi connectivity index (χ1n) is 10.1. The van der Waals surface area contributed by atoms with Crippen LogP contribution in [0, 0.1) is 13.8 Å². The average Bonchev–Trinajstić information content (AvgIpc) is 3.26. The molecule has 1 N–H and O–H groups in total. The summed E-state index contributed by atoms with van der Waals surface area (Å²) >= 11 is 1.31. The number of likely N-dealkylation sites (tertiary alicyclic amines) is 1. The van der Waals surface area contributed by atoms with Crippen molar-refractivity contribution in [3.63, 3.8) is 0 Å². The van der Waals surface area contributed by atoms with Crippen LogP contribution in [0.1, 0.15) is 55.1 Å². The maximum atomic E-state index is 13.0. The molecule has 0 aliphatic carbocycles. The Bertz CT molecular complexity index is 1060. The fraction of sp³-hybridized carbons (Fsp3) is 0.304. The summed E-state index contributed by atoms with van der Waals surface area (Å²) in [6, 6.07) is 15.3. The second-order valence-electron chi connectivity index (χ2n) is 7.67. The Balaban J connectivity index is 1.44. The lowest BCUT2D eigenvalue weighted by molar-refractivity contribution is 0.0706. The van der Waals surface area contributed by atoms with Gasteiger partial charge >= 0.3 is 0 Å². The van der Waals surface area contributed by atoms with Gasteiger partial charge in [0, 0.05) is 30.3 Å². The summed E-state index contributed by atoms with van der Waals surface area (Å²) in [6.45, 7) is 5.29. The molecule has 0 spiro atoms. The van der Waals surface area contributed by atoms with Gasteiger partial charge in [-0.25, -0.2) is 0 Å². The van der Waals surface area contributed by atoms with Gasteiger partial charge in [0.15, 0.2) is 0 Å². The van der Waals surface area contributed by atoms with Crippen molar-refractivity contribution in [2.24, 2.45) is 0 Å². The van der Waals surface area contributed by atoms with Crippen molar-refractivity contribution < 1.29 is 9.59 Å². The van der Waals surface area contributed by atoms with E-state index in [4.69, 9.17) is 0 Å². The van der Waals surface area contributed by atoms with Crippen LogP contribution in [0.4, 0.5) is 5.69 Å². The first-order chi connectivity index (χ1) is 14.5. The number of hydrogen-bond acceptors (Lipinski definition) is 5. The van der Waals surface area contributed by atoms with E-state index in [9.17, 15) is 9.59 Å². The van der Waals surface area contributed by atoms with Gasteiger partial charge in [-0.1, -0.05) is 47.2 Å². The zero-order chi connectivity index (χ0) is 21.1. The quantitative estimate of drug-likeness (QED) is 0.678. The normalized spacial score (nSPS) is 16.3. The minimum Gasteiger partial charge on any atom is -0.338 e. The number of anilines is 1. The molecule has 0 saturated carbocycles. The lowest BCUT2D eigenvalue weighted by Gasteiger charge is -2.32. The van der Waals surface area contributed by atoms with Crippen molar-refractivity contribution in [3.8, 4) is 0 Å². The van der Waals surface area contributed by atoms with Crippen molar-refractivity contribution in [2.75, 3.05) is 18.4 Å². The molecule has 3 aromatic rings.